The Morgan fingerprint density at radius 2 is 1.79 bits per heavy atom. The largest absolute Gasteiger partial charge is 0.480 e. The fourth-order valence-corrected chi connectivity index (χ4v) is 6.66. The molecule has 42 heavy (non-hydrogen) atoms. The number of halogens is 1. The van der Waals surface area contributed by atoms with E-state index in [1.54, 1.807) is 6.07 Å². The first-order chi connectivity index (χ1) is 20.3. The second-order valence-corrected chi connectivity index (χ2v) is 12.4. The van der Waals surface area contributed by atoms with Gasteiger partial charge in [-0.3, -0.25) is 14.3 Å². The van der Waals surface area contributed by atoms with E-state index in [-0.39, 0.29) is 12.3 Å². The Morgan fingerprint density at radius 1 is 1.02 bits per heavy atom. The standard InChI is InChI=1S/C31H38ClN3O6S/c32-24-13-7-10-21(16-24)17-26(22-11-5-2-6-12-22)41-31(40)35-42-27(18-20-8-3-1-4-9-20)29(37)34-25(30(38)39)19-23-14-15-33-28(23)36/h2,5-7,10-13,16,20,23,25-27H,1,3-4,8-9,14-15,17-19H2,(H,33,36)(H,34,37)(H,35,40)(H,38,39)/t23-,25-,26?,27-/m0/s1. The lowest BCUT2D eigenvalue weighted by Crippen LogP contribution is -2.47. The smallest absolute Gasteiger partial charge is 0.417 e. The van der Waals surface area contributed by atoms with Gasteiger partial charge in [-0.1, -0.05) is 86.2 Å². The summed E-state index contributed by atoms with van der Waals surface area (Å²) in [7, 11) is 0. The highest BCUT2D eigenvalue weighted by Crippen LogP contribution is 2.31. The van der Waals surface area contributed by atoms with E-state index < -0.39 is 41.3 Å². The summed E-state index contributed by atoms with van der Waals surface area (Å²) < 4.78 is 8.53. The van der Waals surface area contributed by atoms with Crippen molar-refractivity contribution in [2.45, 2.75) is 75.2 Å². The molecule has 9 nitrogen and oxygen atoms in total. The highest BCUT2D eigenvalue weighted by molar-refractivity contribution is 7.99. The van der Waals surface area contributed by atoms with Crippen LogP contribution in [0.4, 0.5) is 4.79 Å². The summed E-state index contributed by atoms with van der Waals surface area (Å²) in [5.41, 5.74) is 1.72. The molecular formula is C31H38ClN3O6S. The zero-order chi connectivity index (χ0) is 29.9. The van der Waals surface area contributed by atoms with Crippen molar-refractivity contribution in [1.29, 1.82) is 0 Å². The summed E-state index contributed by atoms with van der Waals surface area (Å²) in [5.74, 6) is -2.03. The van der Waals surface area contributed by atoms with Gasteiger partial charge >= 0.3 is 12.1 Å². The third-order valence-corrected chi connectivity index (χ3v) is 9.09. The van der Waals surface area contributed by atoms with Gasteiger partial charge in [-0.15, -0.1) is 0 Å². The molecule has 2 aliphatic rings. The molecule has 3 amide bonds. The summed E-state index contributed by atoms with van der Waals surface area (Å²) in [6, 6.07) is 15.5. The molecule has 0 aromatic heterocycles. The lowest BCUT2D eigenvalue weighted by atomic mass is 9.86. The summed E-state index contributed by atoms with van der Waals surface area (Å²) in [4.78, 5) is 50.5. The van der Waals surface area contributed by atoms with Crippen LogP contribution in [0.3, 0.4) is 0 Å². The van der Waals surface area contributed by atoms with E-state index in [0.29, 0.717) is 36.7 Å². The summed E-state index contributed by atoms with van der Waals surface area (Å²) in [5, 5.41) is 15.0. The minimum Gasteiger partial charge on any atom is -0.480 e. The van der Waals surface area contributed by atoms with Crippen molar-refractivity contribution < 1.29 is 29.0 Å². The number of hydrogen-bond donors (Lipinski definition) is 4. The molecule has 4 rings (SSSR count). The minimum atomic E-state index is -1.20. The van der Waals surface area contributed by atoms with Crippen LogP contribution in [0.1, 0.15) is 68.6 Å². The van der Waals surface area contributed by atoms with Crippen LogP contribution in [-0.2, 0) is 25.5 Å². The molecule has 226 valence electrons. The number of carbonyl (C=O) groups is 4. The maximum Gasteiger partial charge on any atom is 0.417 e. The van der Waals surface area contributed by atoms with E-state index in [1.807, 2.05) is 48.5 Å². The number of rotatable bonds is 13. The molecule has 1 saturated carbocycles. The average Bonchev–Trinajstić information content (AvgIpc) is 3.39. The third-order valence-electron chi connectivity index (χ3n) is 7.88. The first kappa shape index (κ1) is 31.7. The quantitative estimate of drug-likeness (QED) is 0.221. The van der Waals surface area contributed by atoms with Crippen LogP contribution >= 0.6 is 23.5 Å². The van der Waals surface area contributed by atoms with E-state index in [2.05, 4.69) is 15.4 Å². The van der Waals surface area contributed by atoms with Crippen LogP contribution in [-0.4, -0.2) is 46.8 Å². The molecule has 0 spiro atoms. The molecule has 4 N–H and O–H groups in total. The van der Waals surface area contributed by atoms with Gasteiger partial charge in [0.1, 0.15) is 17.4 Å². The summed E-state index contributed by atoms with van der Waals surface area (Å²) >= 11 is 7.11. The van der Waals surface area contributed by atoms with Gasteiger partial charge in [-0.25, -0.2) is 9.59 Å². The molecule has 1 aliphatic carbocycles. The number of carboxylic acid groups (broad SMARTS) is 1. The van der Waals surface area contributed by atoms with Crippen LogP contribution in [0.5, 0.6) is 0 Å². The lowest BCUT2D eigenvalue weighted by molar-refractivity contribution is -0.142. The first-order valence-corrected chi connectivity index (χ1v) is 15.8. The third kappa shape index (κ3) is 9.66. The number of amides is 3. The number of carbonyl (C=O) groups excluding carboxylic acids is 3. The average molecular weight is 616 g/mol. The van der Waals surface area contributed by atoms with Crippen molar-refractivity contribution >= 4 is 47.4 Å². The molecule has 4 atom stereocenters. The van der Waals surface area contributed by atoms with Crippen molar-refractivity contribution in [3.8, 4) is 0 Å². The Bertz CT molecular complexity index is 1230. The number of ether oxygens (including phenoxy) is 1. The summed E-state index contributed by atoms with van der Waals surface area (Å²) in [6.45, 7) is 0.497. The minimum absolute atomic E-state index is 0.0193. The Labute approximate surface area is 255 Å². The maximum absolute atomic E-state index is 13.4. The molecule has 2 aromatic carbocycles. The van der Waals surface area contributed by atoms with Gasteiger partial charge < -0.3 is 20.5 Å². The molecule has 1 aliphatic heterocycles. The number of hydrogen-bond acceptors (Lipinski definition) is 6. The molecule has 1 saturated heterocycles. The Morgan fingerprint density at radius 3 is 2.45 bits per heavy atom. The van der Waals surface area contributed by atoms with Crippen LogP contribution < -0.4 is 15.4 Å². The monoisotopic (exact) mass is 615 g/mol. The van der Waals surface area contributed by atoms with Gasteiger partial charge in [0, 0.05) is 23.9 Å². The Kier molecular flexibility index (Phi) is 12.0. The van der Waals surface area contributed by atoms with Gasteiger partial charge in [0.05, 0.1) is 0 Å². The molecule has 1 heterocycles. The fourth-order valence-electron chi connectivity index (χ4n) is 5.62. The maximum atomic E-state index is 13.4. The normalized spacial score (nSPS) is 19.3. The lowest BCUT2D eigenvalue weighted by Gasteiger charge is -2.27. The SMILES string of the molecule is O=C(NS[C@@H](CC1CCCCC1)C(=O)N[C@@H](C[C@@H]1CCNC1=O)C(=O)O)OC(Cc1cccc(Cl)c1)c1ccccc1. The van der Waals surface area contributed by atoms with Crippen molar-refractivity contribution in [1.82, 2.24) is 15.4 Å². The summed E-state index contributed by atoms with van der Waals surface area (Å²) in [6.07, 6.45) is 5.44. The van der Waals surface area contributed by atoms with Crippen LogP contribution in [0.25, 0.3) is 0 Å². The van der Waals surface area contributed by atoms with Crippen LogP contribution in [0, 0.1) is 11.8 Å². The Balaban J connectivity index is 1.42. The van der Waals surface area contributed by atoms with E-state index in [9.17, 15) is 24.3 Å². The van der Waals surface area contributed by atoms with Crippen LogP contribution in [0.2, 0.25) is 5.02 Å². The van der Waals surface area contributed by atoms with E-state index >= 15 is 0 Å². The number of nitrogens with one attached hydrogen (secondary N) is 3. The molecular weight excluding hydrogens is 578 g/mol. The van der Waals surface area contributed by atoms with E-state index in [4.69, 9.17) is 16.3 Å². The van der Waals surface area contributed by atoms with Crippen LogP contribution in [0.15, 0.2) is 54.6 Å². The van der Waals surface area contributed by atoms with E-state index in [1.165, 1.54) is 0 Å². The second kappa shape index (κ2) is 15.8. The number of carboxylic acids is 1. The highest BCUT2D eigenvalue weighted by Gasteiger charge is 2.34. The molecule has 2 aromatic rings. The second-order valence-electron chi connectivity index (χ2n) is 11.0. The van der Waals surface area contributed by atoms with Gasteiger partial charge in [0.2, 0.25) is 11.8 Å². The zero-order valence-corrected chi connectivity index (χ0v) is 25.0. The molecule has 1 unspecified atom stereocenters. The number of benzene rings is 2. The van der Waals surface area contributed by atoms with Gasteiger partial charge in [0.15, 0.2) is 0 Å². The van der Waals surface area contributed by atoms with Gasteiger partial charge in [-0.05, 0) is 60.4 Å². The topological polar surface area (TPSA) is 134 Å². The van der Waals surface area contributed by atoms with Gasteiger partial charge in [0.25, 0.3) is 0 Å². The molecule has 11 heteroatoms. The molecule has 0 bridgehead atoms. The van der Waals surface area contributed by atoms with Crippen molar-refractivity contribution in [2.24, 2.45) is 11.8 Å². The van der Waals surface area contributed by atoms with Crippen molar-refractivity contribution in [3.05, 3.63) is 70.7 Å². The Hall–Kier alpha value is -3.24. The van der Waals surface area contributed by atoms with E-state index in [0.717, 1.165) is 55.2 Å². The fraction of sp³-hybridized carbons (Fsp3) is 0.484. The van der Waals surface area contributed by atoms with Gasteiger partial charge in [-0.2, -0.15) is 0 Å². The predicted octanol–water partition coefficient (Wildman–Crippen LogP) is 5.43. The molecule has 2 fully saturated rings. The zero-order valence-electron chi connectivity index (χ0n) is 23.4. The highest BCUT2D eigenvalue weighted by atomic mass is 35.5. The van der Waals surface area contributed by atoms with Crippen molar-refractivity contribution in [3.63, 3.8) is 0 Å². The predicted molar refractivity (Wildman–Crippen MR) is 162 cm³/mol. The van der Waals surface area contributed by atoms with Crippen molar-refractivity contribution in [2.75, 3.05) is 6.54 Å². The molecule has 0 radical (unpaired) electrons. The number of aliphatic carboxylic acids is 1. The first-order valence-electron chi connectivity index (χ1n) is 14.5.